The van der Waals surface area contributed by atoms with Crippen molar-refractivity contribution in [1.82, 2.24) is 0 Å². The smallest absolute Gasteiger partial charge is 0.161 e. The highest BCUT2D eigenvalue weighted by Gasteiger charge is 2.24. The topological polar surface area (TPSA) is 51.0 Å². The Morgan fingerprint density at radius 2 is 1.68 bits per heavy atom. The number of aliphatic imine (C=N–C) groups is 1. The van der Waals surface area contributed by atoms with Gasteiger partial charge >= 0.3 is 0 Å². The molecule has 0 aliphatic carbocycles. The lowest BCUT2D eigenvalue weighted by Gasteiger charge is -2.18. The highest BCUT2D eigenvalue weighted by Crippen LogP contribution is 2.47. The van der Waals surface area contributed by atoms with Gasteiger partial charge in [0.25, 0.3) is 0 Å². The molecule has 5 heteroatoms. The summed E-state index contributed by atoms with van der Waals surface area (Å²) in [6, 6.07) is 21.5. The molecule has 3 aromatic carbocycles. The Morgan fingerprint density at radius 3 is 2.46 bits per heavy atom. The van der Waals surface area contributed by atoms with Crippen molar-refractivity contribution in [2.24, 2.45) is 4.99 Å². The average Bonchev–Trinajstić information content (AvgIpc) is 2.93. The van der Waals surface area contributed by atoms with E-state index < -0.39 is 0 Å². The molecular formula is C23H21NO3S. The van der Waals surface area contributed by atoms with Crippen molar-refractivity contribution in [2.45, 2.75) is 16.6 Å². The van der Waals surface area contributed by atoms with Crippen LogP contribution in [-0.4, -0.2) is 25.0 Å². The summed E-state index contributed by atoms with van der Waals surface area (Å²) >= 11 is 1.78. The van der Waals surface area contributed by atoms with Gasteiger partial charge in [0.15, 0.2) is 11.5 Å². The van der Waals surface area contributed by atoms with E-state index in [-0.39, 0.29) is 11.0 Å². The molecule has 1 aliphatic heterocycles. The number of aromatic hydroxyl groups is 1. The summed E-state index contributed by atoms with van der Waals surface area (Å²) in [7, 11) is 3.28. The van der Waals surface area contributed by atoms with Crippen LogP contribution in [0, 0.1) is 0 Å². The van der Waals surface area contributed by atoms with Crippen LogP contribution < -0.4 is 9.47 Å². The van der Waals surface area contributed by atoms with Crippen LogP contribution in [0.1, 0.15) is 22.8 Å². The number of rotatable bonds is 4. The number of hydrogen-bond acceptors (Lipinski definition) is 5. The van der Waals surface area contributed by atoms with Crippen molar-refractivity contribution in [1.29, 1.82) is 0 Å². The molecule has 0 aromatic heterocycles. The molecule has 0 radical (unpaired) electrons. The molecule has 1 heterocycles. The Kier molecular flexibility index (Phi) is 5.26. The molecule has 4 nitrogen and oxygen atoms in total. The molecule has 1 atom stereocenters. The summed E-state index contributed by atoms with van der Waals surface area (Å²) < 4.78 is 10.9. The molecule has 142 valence electrons. The van der Waals surface area contributed by atoms with E-state index in [9.17, 15) is 5.11 Å². The predicted octanol–water partition coefficient (Wildman–Crippen LogP) is 5.77. The zero-order valence-electron chi connectivity index (χ0n) is 15.8. The van der Waals surface area contributed by atoms with Gasteiger partial charge in [0.05, 0.1) is 25.6 Å². The largest absolute Gasteiger partial charge is 0.507 e. The number of benzene rings is 3. The number of phenolic OH excluding ortho intramolecular Hbond substituents is 1. The maximum absolute atomic E-state index is 10.4. The van der Waals surface area contributed by atoms with Crippen LogP contribution in [0.4, 0.5) is 5.69 Å². The number of para-hydroxylation sites is 2. The first kappa shape index (κ1) is 18.4. The first-order chi connectivity index (χ1) is 13.7. The van der Waals surface area contributed by atoms with Gasteiger partial charge in [-0.1, -0.05) is 30.3 Å². The van der Waals surface area contributed by atoms with Gasteiger partial charge in [0.2, 0.25) is 0 Å². The first-order valence-electron chi connectivity index (χ1n) is 9.03. The van der Waals surface area contributed by atoms with Crippen LogP contribution in [0.5, 0.6) is 17.2 Å². The molecule has 0 amide bonds. The molecule has 4 rings (SSSR count). The normalized spacial score (nSPS) is 15.9. The molecule has 28 heavy (non-hydrogen) atoms. The van der Waals surface area contributed by atoms with Crippen LogP contribution in [0.2, 0.25) is 0 Å². The van der Waals surface area contributed by atoms with Gasteiger partial charge < -0.3 is 14.6 Å². The summed E-state index contributed by atoms with van der Waals surface area (Å²) in [4.78, 5) is 6.02. The fourth-order valence-electron chi connectivity index (χ4n) is 3.34. The zero-order valence-corrected chi connectivity index (χ0v) is 16.6. The predicted molar refractivity (Wildman–Crippen MR) is 114 cm³/mol. The molecule has 1 N–H and O–H groups in total. The third-order valence-electron chi connectivity index (χ3n) is 4.76. The Hall–Kier alpha value is -2.92. The van der Waals surface area contributed by atoms with Crippen LogP contribution in [-0.2, 0) is 0 Å². The lowest BCUT2D eigenvalue weighted by atomic mass is 10.00. The number of phenols is 1. The van der Waals surface area contributed by atoms with E-state index in [1.54, 1.807) is 32.0 Å². The average molecular weight is 391 g/mol. The van der Waals surface area contributed by atoms with Crippen LogP contribution in [0.25, 0.3) is 0 Å². The summed E-state index contributed by atoms with van der Waals surface area (Å²) in [6.45, 7) is 0. The van der Waals surface area contributed by atoms with E-state index in [4.69, 9.17) is 14.5 Å². The van der Waals surface area contributed by atoms with E-state index in [0.29, 0.717) is 17.9 Å². The monoisotopic (exact) mass is 391 g/mol. The molecule has 0 unspecified atom stereocenters. The van der Waals surface area contributed by atoms with E-state index in [0.717, 1.165) is 27.4 Å². The van der Waals surface area contributed by atoms with Gasteiger partial charge in [-0.15, -0.1) is 11.8 Å². The summed E-state index contributed by atoms with van der Waals surface area (Å²) in [5.41, 5.74) is 3.69. The van der Waals surface area contributed by atoms with Gasteiger partial charge in [-0.3, -0.25) is 4.99 Å². The fraction of sp³-hybridized carbons (Fsp3) is 0.174. The Balaban J connectivity index is 1.80. The number of thioether (sulfide) groups is 1. The number of ether oxygens (including phenoxy) is 2. The van der Waals surface area contributed by atoms with Crippen molar-refractivity contribution in [2.75, 3.05) is 14.2 Å². The Labute approximate surface area is 168 Å². The quantitative estimate of drug-likeness (QED) is 0.614. The van der Waals surface area contributed by atoms with Crippen LogP contribution in [0.15, 0.2) is 76.6 Å². The van der Waals surface area contributed by atoms with Gasteiger partial charge in [0, 0.05) is 22.1 Å². The summed E-state index contributed by atoms with van der Waals surface area (Å²) in [5, 5.41) is 10.5. The van der Waals surface area contributed by atoms with Crippen molar-refractivity contribution in [3.63, 3.8) is 0 Å². The number of hydrogen-bond donors (Lipinski definition) is 1. The molecular weight excluding hydrogens is 370 g/mol. The highest BCUT2D eigenvalue weighted by molar-refractivity contribution is 7.99. The molecule has 0 bridgehead atoms. The van der Waals surface area contributed by atoms with Crippen molar-refractivity contribution < 1.29 is 14.6 Å². The van der Waals surface area contributed by atoms with Crippen molar-refractivity contribution in [3.05, 3.63) is 77.9 Å². The summed E-state index contributed by atoms with van der Waals surface area (Å²) in [6.07, 6.45) is 0.687. The van der Waals surface area contributed by atoms with E-state index in [1.807, 2.05) is 48.5 Å². The van der Waals surface area contributed by atoms with Gasteiger partial charge in [0.1, 0.15) is 5.75 Å². The molecule has 0 fully saturated rings. The third kappa shape index (κ3) is 3.58. The van der Waals surface area contributed by atoms with E-state index >= 15 is 0 Å². The van der Waals surface area contributed by atoms with Crippen molar-refractivity contribution >= 4 is 23.2 Å². The lowest BCUT2D eigenvalue weighted by molar-refractivity contribution is 0.354. The van der Waals surface area contributed by atoms with Gasteiger partial charge in [-0.2, -0.15) is 0 Å². The first-order valence-corrected chi connectivity index (χ1v) is 9.91. The second kappa shape index (κ2) is 7.98. The maximum Gasteiger partial charge on any atom is 0.161 e. The minimum absolute atomic E-state index is 0.127. The number of nitrogens with zero attached hydrogens (tertiary/aromatic N) is 1. The minimum atomic E-state index is 0.127. The molecule has 1 aliphatic rings. The number of fused-ring (bicyclic) bond motifs is 1. The zero-order chi connectivity index (χ0) is 19.5. The molecule has 0 saturated heterocycles. The molecule has 3 aromatic rings. The standard InChI is InChI=1S/C23H21NO3S/c1-26-20-12-11-15(13-21(20)27-2)23-14-18(16-7-3-5-9-19(16)25)24-17-8-4-6-10-22(17)28-23/h3-13,23,25H,14H2,1-2H3/t23-/m1/s1. The Bertz CT molecular complexity index is 1030. The highest BCUT2D eigenvalue weighted by atomic mass is 32.2. The Morgan fingerprint density at radius 1 is 0.929 bits per heavy atom. The van der Waals surface area contributed by atoms with E-state index in [2.05, 4.69) is 12.1 Å². The lowest BCUT2D eigenvalue weighted by Crippen LogP contribution is -2.06. The molecule has 0 spiro atoms. The number of methoxy groups -OCH3 is 2. The molecule has 0 saturated carbocycles. The summed E-state index contributed by atoms with van der Waals surface area (Å²) in [5.74, 6) is 1.66. The van der Waals surface area contributed by atoms with Gasteiger partial charge in [-0.05, 0) is 42.0 Å². The van der Waals surface area contributed by atoms with Crippen LogP contribution in [0.3, 0.4) is 0 Å². The maximum atomic E-state index is 10.4. The fourth-order valence-corrected chi connectivity index (χ4v) is 4.56. The minimum Gasteiger partial charge on any atom is -0.507 e. The SMILES string of the molecule is COc1ccc([C@H]2CC(c3ccccc3O)=Nc3ccccc3S2)cc1OC. The second-order valence-electron chi connectivity index (χ2n) is 6.47. The van der Waals surface area contributed by atoms with E-state index in [1.165, 1.54) is 0 Å². The van der Waals surface area contributed by atoms with Gasteiger partial charge in [-0.25, -0.2) is 0 Å². The third-order valence-corrected chi connectivity index (χ3v) is 6.09. The van der Waals surface area contributed by atoms with Crippen molar-refractivity contribution in [3.8, 4) is 17.2 Å². The van der Waals surface area contributed by atoms with Crippen LogP contribution >= 0.6 is 11.8 Å². The second-order valence-corrected chi connectivity index (χ2v) is 7.71.